The van der Waals surface area contributed by atoms with Crippen molar-refractivity contribution in [3.63, 3.8) is 0 Å². The molecule has 3 rings (SSSR count). The molecule has 0 aliphatic rings. The summed E-state index contributed by atoms with van der Waals surface area (Å²) in [7, 11) is -3.96. The van der Waals surface area contributed by atoms with E-state index < -0.39 is 14.9 Å². The van der Waals surface area contributed by atoms with Crippen LogP contribution >= 0.6 is 15.9 Å². The molecule has 0 amide bonds. The predicted octanol–water partition coefficient (Wildman–Crippen LogP) is 3.34. The molecule has 3 aromatic rings. The Morgan fingerprint density at radius 1 is 1.16 bits per heavy atom. The van der Waals surface area contributed by atoms with Crippen LogP contribution in [0.5, 0.6) is 0 Å². The van der Waals surface area contributed by atoms with Crippen molar-refractivity contribution in [3.05, 3.63) is 75.5 Å². The second kappa shape index (κ2) is 6.65. The van der Waals surface area contributed by atoms with E-state index in [4.69, 9.17) is 0 Å². The minimum atomic E-state index is -3.96. The third-order valence-corrected chi connectivity index (χ3v) is 5.29. The minimum Gasteiger partial charge on any atom is -0.286 e. The molecule has 0 bridgehead atoms. The zero-order valence-electron chi connectivity index (χ0n) is 12.5. The summed E-state index contributed by atoms with van der Waals surface area (Å²) in [5, 5.41) is 10.8. The summed E-state index contributed by atoms with van der Waals surface area (Å²) in [6.07, 6.45) is 3.09. The van der Waals surface area contributed by atoms with Crippen molar-refractivity contribution in [3.8, 4) is 5.69 Å². The van der Waals surface area contributed by atoms with E-state index in [-0.39, 0.29) is 21.0 Å². The number of nitrogens with zero attached hydrogens (tertiary/aromatic N) is 3. The van der Waals surface area contributed by atoms with Gasteiger partial charge in [-0.15, -0.1) is 0 Å². The highest BCUT2D eigenvalue weighted by Crippen LogP contribution is 2.28. The van der Waals surface area contributed by atoms with Crippen molar-refractivity contribution in [2.45, 2.75) is 4.90 Å². The molecule has 2 aromatic carbocycles. The number of sulfonamides is 1. The SMILES string of the molecule is O=[N+]([O-])c1ccc(S(=O)(=O)Nc2nccn2-c2ccccc2)cc1Br. The molecule has 0 atom stereocenters. The lowest BCUT2D eigenvalue weighted by atomic mass is 10.3. The molecule has 25 heavy (non-hydrogen) atoms. The van der Waals surface area contributed by atoms with Gasteiger partial charge in [-0.2, -0.15) is 0 Å². The van der Waals surface area contributed by atoms with Gasteiger partial charge in [-0.1, -0.05) is 18.2 Å². The first-order valence-corrected chi connectivity index (χ1v) is 9.21. The fourth-order valence-electron chi connectivity index (χ4n) is 2.16. The van der Waals surface area contributed by atoms with Gasteiger partial charge in [0.05, 0.1) is 14.3 Å². The second-order valence-electron chi connectivity index (χ2n) is 4.93. The number of anilines is 1. The van der Waals surface area contributed by atoms with E-state index in [0.29, 0.717) is 0 Å². The van der Waals surface area contributed by atoms with Crippen LogP contribution in [0.25, 0.3) is 5.69 Å². The molecule has 0 aliphatic heterocycles. The van der Waals surface area contributed by atoms with Crippen LogP contribution < -0.4 is 4.72 Å². The number of benzene rings is 2. The Bertz CT molecular complexity index is 1030. The normalized spacial score (nSPS) is 11.2. The van der Waals surface area contributed by atoms with Gasteiger partial charge in [0.15, 0.2) is 0 Å². The Morgan fingerprint density at radius 3 is 2.52 bits per heavy atom. The number of hydrogen-bond donors (Lipinski definition) is 1. The van der Waals surface area contributed by atoms with E-state index in [1.165, 1.54) is 18.3 Å². The molecule has 0 saturated carbocycles. The summed E-state index contributed by atoms with van der Waals surface area (Å²) in [4.78, 5) is 14.1. The highest BCUT2D eigenvalue weighted by Gasteiger charge is 2.21. The van der Waals surface area contributed by atoms with Crippen molar-refractivity contribution in [1.82, 2.24) is 9.55 Å². The van der Waals surface area contributed by atoms with Crippen LogP contribution in [0.15, 0.2) is 70.3 Å². The molecule has 0 spiro atoms. The van der Waals surface area contributed by atoms with Crippen LogP contribution in [0.3, 0.4) is 0 Å². The van der Waals surface area contributed by atoms with Gasteiger partial charge in [-0.25, -0.2) is 18.1 Å². The zero-order valence-corrected chi connectivity index (χ0v) is 14.9. The molecular formula is C15H11BrN4O4S. The number of hydrogen-bond acceptors (Lipinski definition) is 5. The molecule has 0 saturated heterocycles. The standard InChI is InChI=1S/C15H11BrN4O4S/c16-13-10-12(6-7-14(13)20(21)22)25(23,24)18-15-17-8-9-19(15)11-4-2-1-3-5-11/h1-10H,(H,17,18). The van der Waals surface area contributed by atoms with Crippen LogP contribution in [0.1, 0.15) is 0 Å². The smallest absolute Gasteiger partial charge is 0.283 e. The number of halogens is 1. The molecule has 0 radical (unpaired) electrons. The van der Waals surface area contributed by atoms with Crippen molar-refractivity contribution in [2.24, 2.45) is 0 Å². The summed E-state index contributed by atoms with van der Waals surface area (Å²) >= 11 is 3.01. The van der Waals surface area contributed by atoms with E-state index in [1.54, 1.807) is 10.8 Å². The number of rotatable bonds is 5. The highest BCUT2D eigenvalue weighted by atomic mass is 79.9. The van der Waals surface area contributed by atoms with E-state index >= 15 is 0 Å². The molecule has 1 N–H and O–H groups in total. The molecule has 0 aliphatic carbocycles. The maximum absolute atomic E-state index is 12.6. The van der Waals surface area contributed by atoms with Gasteiger partial charge in [0.25, 0.3) is 15.7 Å². The van der Waals surface area contributed by atoms with Gasteiger partial charge >= 0.3 is 0 Å². The van der Waals surface area contributed by atoms with Gasteiger partial charge in [-0.05, 0) is 40.2 Å². The fraction of sp³-hybridized carbons (Fsp3) is 0. The van der Waals surface area contributed by atoms with E-state index in [0.717, 1.165) is 11.8 Å². The summed E-state index contributed by atoms with van der Waals surface area (Å²) in [5.74, 6) is 0.112. The van der Waals surface area contributed by atoms with E-state index in [1.807, 2.05) is 30.3 Å². The summed E-state index contributed by atoms with van der Waals surface area (Å²) in [6.45, 7) is 0. The molecule has 8 nitrogen and oxygen atoms in total. The predicted molar refractivity (Wildman–Crippen MR) is 95.2 cm³/mol. The van der Waals surface area contributed by atoms with E-state index in [2.05, 4.69) is 25.6 Å². The van der Waals surface area contributed by atoms with Gasteiger partial charge in [-0.3, -0.25) is 14.7 Å². The number of nitro benzene ring substituents is 1. The fourth-order valence-corrected chi connectivity index (χ4v) is 3.86. The van der Waals surface area contributed by atoms with Crippen molar-refractivity contribution < 1.29 is 13.3 Å². The Hall–Kier alpha value is -2.72. The molecule has 0 fully saturated rings. The maximum Gasteiger partial charge on any atom is 0.283 e. The lowest BCUT2D eigenvalue weighted by Gasteiger charge is -2.11. The van der Waals surface area contributed by atoms with Gasteiger partial charge < -0.3 is 0 Å². The molecular weight excluding hydrogens is 412 g/mol. The Kier molecular flexibility index (Phi) is 4.55. The average molecular weight is 423 g/mol. The topological polar surface area (TPSA) is 107 Å². The number of para-hydroxylation sites is 1. The molecule has 1 heterocycles. The van der Waals surface area contributed by atoms with Crippen molar-refractivity contribution in [1.29, 1.82) is 0 Å². The van der Waals surface area contributed by atoms with E-state index in [9.17, 15) is 18.5 Å². The van der Waals surface area contributed by atoms with Gasteiger partial charge in [0, 0.05) is 24.1 Å². The molecule has 0 unspecified atom stereocenters. The van der Waals surface area contributed by atoms with Crippen LogP contribution in [0.4, 0.5) is 11.6 Å². The quantitative estimate of drug-likeness (QED) is 0.500. The number of nitro groups is 1. The monoisotopic (exact) mass is 422 g/mol. The van der Waals surface area contributed by atoms with Crippen LogP contribution in [-0.2, 0) is 10.0 Å². The van der Waals surface area contributed by atoms with Crippen LogP contribution in [-0.4, -0.2) is 22.9 Å². The third kappa shape index (κ3) is 3.54. The first-order valence-electron chi connectivity index (χ1n) is 6.94. The third-order valence-electron chi connectivity index (χ3n) is 3.33. The van der Waals surface area contributed by atoms with Crippen LogP contribution in [0, 0.1) is 10.1 Å². The van der Waals surface area contributed by atoms with Crippen molar-refractivity contribution in [2.75, 3.05) is 4.72 Å². The van der Waals surface area contributed by atoms with Gasteiger partial charge in [0.1, 0.15) is 0 Å². The zero-order chi connectivity index (χ0) is 18.0. The molecule has 10 heteroatoms. The lowest BCUT2D eigenvalue weighted by Crippen LogP contribution is -2.16. The molecule has 128 valence electrons. The average Bonchev–Trinajstić information content (AvgIpc) is 3.02. The maximum atomic E-state index is 12.6. The minimum absolute atomic E-state index is 0.0757. The summed E-state index contributed by atoms with van der Waals surface area (Å²) < 4.78 is 29.2. The number of nitrogens with one attached hydrogen (secondary N) is 1. The highest BCUT2D eigenvalue weighted by molar-refractivity contribution is 9.10. The molecule has 1 aromatic heterocycles. The summed E-state index contributed by atoms with van der Waals surface area (Å²) in [6, 6.07) is 12.6. The summed E-state index contributed by atoms with van der Waals surface area (Å²) in [5.41, 5.74) is 0.521. The van der Waals surface area contributed by atoms with Gasteiger partial charge in [0.2, 0.25) is 5.95 Å². The lowest BCUT2D eigenvalue weighted by molar-refractivity contribution is -0.385. The Balaban J connectivity index is 1.95. The largest absolute Gasteiger partial charge is 0.286 e. The Labute approximate surface area is 151 Å². The first kappa shape index (κ1) is 17.1. The first-order chi connectivity index (χ1) is 11.9. The second-order valence-corrected chi connectivity index (χ2v) is 7.47. The Morgan fingerprint density at radius 2 is 1.88 bits per heavy atom. The van der Waals surface area contributed by atoms with Crippen LogP contribution in [0.2, 0.25) is 0 Å². The van der Waals surface area contributed by atoms with Crippen molar-refractivity contribution >= 4 is 37.6 Å². The number of imidazole rings is 1. The number of aromatic nitrogens is 2.